The van der Waals surface area contributed by atoms with Crippen LogP contribution in [0.3, 0.4) is 0 Å². The van der Waals surface area contributed by atoms with E-state index in [1.165, 1.54) is 25.3 Å². The van der Waals surface area contributed by atoms with Crippen molar-refractivity contribution >= 4 is 28.7 Å². The van der Waals surface area contributed by atoms with E-state index in [0.717, 1.165) is 5.56 Å². The molecule has 0 amide bonds. The summed E-state index contributed by atoms with van der Waals surface area (Å²) in [7, 11) is 1.27. The van der Waals surface area contributed by atoms with E-state index in [9.17, 15) is 14.9 Å². The minimum atomic E-state index is -0.529. The number of thiophene rings is 1. The fraction of sp³-hybridized carbons (Fsp3) is 0.154. The quantitative estimate of drug-likeness (QED) is 0.520. The molecule has 0 unspecified atom stereocenters. The van der Waals surface area contributed by atoms with Crippen LogP contribution >= 0.6 is 11.3 Å². The monoisotopic (exact) mass is 292 g/mol. The molecule has 1 aromatic carbocycles. The van der Waals surface area contributed by atoms with Crippen molar-refractivity contribution in [1.29, 1.82) is 0 Å². The van der Waals surface area contributed by atoms with Gasteiger partial charge in [0.05, 0.1) is 17.6 Å². The lowest BCUT2D eigenvalue weighted by molar-refractivity contribution is -0.384. The van der Waals surface area contributed by atoms with Gasteiger partial charge in [-0.15, -0.1) is 0 Å². The molecule has 1 heterocycles. The number of esters is 1. The molecule has 1 aromatic heterocycles. The first kappa shape index (κ1) is 14.0. The number of nitro benzene ring substituents is 1. The van der Waals surface area contributed by atoms with Crippen molar-refractivity contribution < 1.29 is 14.5 Å². The van der Waals surface area contributed by atoms with E-state index in [1.54, 1.807) is 11.3 Å². The minimum absolute atomic E-state index is 0.0760. The molecule has 0 aliphatic heterocycles. The zero-order valence-electron chi connectivity index (χ0n) is 10.7. The first-order valence-electron chi connectivity index (χ1n) is 5.73. The molecule has 0 aliphatic carbocycles. The number of nitro groups is 1. The van der Waals surface area contributed by atoms with E-state index in [0.29, 0.717) is 12.2 Å². The second-order valence-electron chi connectivity index (χ2n) is 3.97. The summed E-state index contributed by atoms with van der Waals surface area (Å²) in [4.78, 5) is 22.0. The van der Waals surface area contributed by atoms with Gasteiger partial charge in [0.2, 0.25) is 0 Å². The van der Waals surface area contributed by atoms with Crippen molar-refractivity contribution in [2.45, 2.75) is 6.54 Å². The van der Waals surface area contributed by atoms with Crippen LogP contribution in [0.4, 0.5) is 11.4 Å². The summed E-state index contributed by atoms with van der Waals surface area (Å²) in [6, 6.07) is 6.02. The molecule has 0 bridgehead atoms. The molecule has 0 aliphatic rings. The molecule has 20 heavy (non-hydrogen) atoms. The fourth-order valence-electron chi connectivity index (χ4n) is 1.67. The van der Waals surface area contributed by atoms with E-state index in [-0.39, 0.29) is 11.3 Å². The largest absolute Gasteiger partial charge is 0.465 e. The van der Waals surface area contributed by atoms with Gasteiger partial charge in [-0.05, 0) is 34.5 Å². The topological polar surface area (TPSA) is 81.5 Å². The van der Waals surface area contributed by atoms with Crippen molar-refractivity contribution in [2.75, 3.05) is 12.4 Å². The summed E-state index contributed by atoms with van der Waals surface area (Å²) in [6.07, 6.45) is 0. The van der Waals surface area contributed by atoms with Gasteiger partial charge in [0.1, 0.15) is 5.69 Å². The van der Waals surface area contributed by atoms with Crippen LogP contribution in [-0.2, 0) is 11.3 Å². The highest BCUT2D eigenvalue weighted by Gasteiger charge is 2.17. The van der Waals surface area contributed by atoms with Crippen molar-refractivity contribution in [3.8, 4) is 0 Å². The van der Waals surface area contributed by atoms with Crippen LogP contribution in [-0.4, -0.2) is 18.0 Å². The van der Waals surface area contributed by atoms with Gasteiger partial charge in [-0.1, -0.05) is 0 Å². The van der Waals surface area contributed by atoms with E-state index >= 15 is 0 Å². The predicted octanol–water partition coefficient (Wildman–Crippen LogP) is 3.06. The van der Waals surface area contributed by atoms with Gasteiger partial charge >= 0.3 is 5.97 Å². The zero-order chi connectivity index (χ0) is 14.5. The summed E-state index contributed by atoms with van der Waals surface area (Å²) >= 11 is 1.55. The number of rotatable bonds is 5. The number of nitrogens with one attached hydrogen (secondary N) is 1. The third kappa shape index (κ3) is 3.12. The molecule has 0 saturated heterocycles. The number of carbonyl (C=O) groups is 1. The van der Waals surface area contributed by atoms with Gasteiger partial charge < -0.3 is 10.1 Å². The molecule has 104 valence electrons. The lowest BCUT2D eigenvalue weighted by Gasteiger charge is -2.07. The zero-order valence-corrected chi connectivity index (χ0v) is 11.5. The van der Waals surface area contributed by atoms with Crippen LogP contribution in [0.1, 0.15) is 15.9 Å². The Morgan fingerprint density at radius 2 is 2.25 bits per heavy atom. The van der Waals surface area contributed by atoms with Crippen LogP contribution in [0.5, 0.6) is 0 Å². The highest BCUT2D eigenvalue weighted by Crippen LogP contribution is 2.26. The summed E-state index contributed by atoms with van der Waals surface area (Å²) in [6.45, 7) is 0.453. The number of carbonyl (C=O) groups excluding carboxylic acids is 1. The van der Waals surface area contributed by atoms with Crippen LogP contribution < -0.4 is 5.32 Å². The molecule has 0 fully saturated rings. The van der Waals surface area contributed by atoms with Crippen LogP contribution in [0.25, 0.3) is 0 Å². The second kappa shape index (κ2) is 6.16. The van der Waals surface area contributed by atoms with E-state index in [1.807, 2.05) is 16.8 Å². The van der Waals surface area contributed by atoms with Crippen molar-refractivity contribution in [1.82, 2.24) is 0 Å². The van der Waals surface area contributed by atoms with Crippen molar-refractivity contribution in [3.05, 3.63) is 56.3 Å². The van der Waals surface area contributed by atoms with Gasteiger partial charge in [0.15, 0.2) is 0 Å². The number of nitrogens with zero attached hydrogens (tertiary/aromatic N) is 1. The highest BCUT2D eigenvalue weighted by molar-refractivity contribution is 7.07. The first-order chi connectivity index (χ1) is 9.61. The smallest absolute Gasteiger partial charge is 0.337 e. The Kier molecular flexibility index (Phi) is 4.31. The maximum absolute atomic E-state index is 11.5. The maximum atomic E-state index is 11.5. The summed E-state index contributed by atoms with van der Waals surface area (Å²) in [5.74, 6) is -0.529. The van der Waals surface area contributed by atoms with Crippen LogP contribution in [0.2, 0.25) is 0 Å². The van der Waals surface area contributed by atoms with Gasteiger partial charge in [0, 0.05) is 12.6 Å². The normalized spacial score (nSPS) is 10.1. The van der Waals surface area contributed by atoms with Gasteiger partial charge in [-0.3, -0.25) is 10.1 Å². The Morgan fingerprint density at radius 3 is 2.85 bits per heavy atom. The third-order valence-corrected chi connectivity index (χ3v) is 3.41. The van der Waals surface area contributed by atoms with E-state index in [2.05, 4.69) is 10.1 Å². The van der Waals surface area contributed by atoms with Crippen molar-refractivity contribution in [2.24, 2.45) is 0 Å². The molecule has 2 aromatic rings. The molecule has 0 atom stereocenters. The molecule has 7 heteroatoms. The maximum Gasteiger partial charge on any atom is 0.337 e. The molecular formula is C13H12N2O4S. The number of benzene rings is 1. The molecule has 1 N–H and O–H groups in total. The molecule has 6 nitrogen and oxygen atoms in total. The lowest BCUT2D eigenvalue weighted by Crippen LogP contribution is -2.06. The molecule has 2 rings (SSSR count). The Morgan fingerprint density at radius 1 is 1.45 bits per heavy atom. The van der Waals surface area contributed by atoms with Gasteiger partial charge in [0.25, 0.3) is 5.69 Å². The number of anilines is 1. The minimum Gasteiger partial charge on any atom is -0.465 e. The average Bonchev–Trinajstić information content (AvgIpc) is 2.97. The Bertz CT molecular complexity index is 625. The number of hydrogen-bond donors (Lipinski definition) is 1. The van der Waals surface area contributed by atoms with Gasteiger partial charge in [-0.2, -0.15) is 11.3 Å². The van der Waals surface area contributed by atoms with E-state index < -0.39 is 10.9 Å². The first-order valence-corrected chi connectivity index (χ1v) is 6.68. The Hall–Kier alpha value is -2.41. The lowest BCUT2D eigenvalue weighted by atomic mass is 10.1. The van der Waals surface area contributed by atoms with Gasteiger partial charge in [-0.25, -0.2) is 4.79 Å². The van der Waals surface area contributed by atoms with Crippen molar-refractivity contribution in [3.63, 3.8) is 0 Å². The molecule has 0 spiro atoms. The number of methoxy groups -OCH3 is 1. The highest BCUT2D eigenvalue weighted by atomic mass is 32.1. The van der Waals surface area contributed by atoms with Crippen LogP contribution in [0.15, 0.2) is 35.0 Å². The molecular weight excluding hydrogens is 280 g/mol. The predicted molar refractivity (Wildman–Crippen MR) is 76.1 cm³/mol. The average molecular weight is 292 g/mol. The summed E-state index contributed by atoms with van der Waals surface area (Å²) < 4.78 is 4.61. The summed E-state index contributed by atoms with van der Waals surface area (Å²) in [5, 5.41) is 17.8. The SMILES string of the molecule is COC(=O)c1ccc([N+](=O)[O-])c(NCc2ccsc2)c1. The number of ether oxygens (including phenoxy) is 1. The molecule has 0 radical (unpaired) electrons. The molecule has 0 saturated carbocycles. The second-order valence-corrected chi connectivity index (χ2v) is 4.75. The van der Waals surface area contributed by atoms with E-state index in [4.69, 9.17) is 0 Å². The number of hydrogen-bond acceptors (Lipinski definition) is 6. The fourth-order valence-corrected chi connectivity index (χ4v) is 2.34. The Balaban J connectivity index is 2.26. The standard InChI is InChI=1S/C13H12N2O4S/c1-19-13(16)10-2-3-12(15(17)18)11(6-10)14-7-9-4-5-20-8-9/h2-6,8,14H,7H2,1H3. The van der Waals surface area contributed by atoms with Crippen LogP contribution in [0, 0.1) is 10.1 Å². The summed E-state index contributed by atoms with van der Waals surface area (Å²) in [5.41, 5.74) is 1.51. The Labute approximate surface area is 119 Å². The third-order valence-electron chi connectivity index (χ3n) is 2.68.